The molecule has 0 saturated carbocycles. The van der Waals surface area contributed by atoms with E-state index in [1.54, 1.807) is 22.9 Å². The number of rotatable bonds is 9. The maximum Gasteiger partial charge on any atom is 0.283 e. The maximum absolute atomic E-state index is 14.6. The number of nitrogens with one attached hydrogen (secondary N) is 1. The van der Waals surface area contributed by atoms with Gasteiger partial charge in [-0.3, -0.25) is 9.59 Å². The number of nitrogens with zero attached hydrogens (tertiary/aromatic N) is 3. The van der Waals surface area contributed by atoms with Crippen LogP contribution in [0.25, 0.3) is 0 Å². The van der Waals surface area contributed by atoms with Crippen LogP contribution in [0.1, 0.15) is 60.4 Å². The lowest BCUT2D eigenvalue weighted by atomic mass is 9.79. The number of carbonyl (C=O) groups is 2. The average Bonchev–Trinajstić information content (AvgIpc) is 2.97. The molecule has 1 unspecified atom stereocenters. The highest BCUT2D eigenvalue weighted by Crippen LogP contribution is 2.40. The maximum atomic E-state index is 14.6. The van der Waals surface area contributed by atoms with Crippen LogP contribution in [0.3, 0.4) is 0 Å². The second-order valence-electron chi connectivity index (χ2n) is 11.8. The lowest BCUT2D eigenvalue weighted by Gasteiger charge is -2.56. The van der Waals surface area contributed by atoms with Crippen LogP contribution in [0.2, 0.25) is 15.1 Å². The number of carbonyl (C=O) groups excluding carboxylic acids is 2. The van der Waals surface area contributed by atoms with Gasteiger partial charge in [0, 0.05) is 71.0 Å². The van der Waals surface area contributed by atoms with Gasteiger partial charge in [-0.1, -0.05) is 40.9 Å². The molecule has 2 aliphatic heterocycles. The molecule has 2 fully saturated rings. The molecule has 41 heavy (non-hydrogen) atoms. The molecule has 2 aromatic rings. The van der Waals surface area contributed by atoms with Crippen molar-refractivity contribution in [3.63, 3.8) is 0 Å². The van der Waals surface area contributed by atoms with E-state index in [2.05, 4.69) is 5.32 Å². The van der Waals surface area contributed by atoms with Crippen LogP contribution >= 0.6 is 34.8 Å². The van der Waals surface area contributed by atoms with Gasteiger partial charge in [0.15, 0.2) is 5.54 Å². The first-order valence-corrected chi connectivity index (χ1v) is 15.6. The highest BCUT2D eigenvalue weighted by atomic mass is 35.5. The summed E-state index contributed by atoms with van der Waals surface area (Å²) in [4.78, 5) is 30.6. The second-order valence-corrected chi connectivity index (χ2v) is 13.1. The number of likely N-dealkylation sites (N-methyl/N-ethyl adjacent to an activating group) is 2. The molecule has 10 heteroatoms. The molecule has 0 aliphatic carbocycles. The molecule has 0 aromatic heterocycles. The largest absolute Gasteiger partial charge is 0.343 e. The zero-order valence-corrected chi connectivity index (χ0v) is 26.5. The van der Waals surface area contributed by atoms with Crippen LogP contribution in [0.5, 0.6) is 0 Å². The lowest BCUT2D eigenvalue weighted by Crippen LogP contribution is -2.74. The zero-order valence-electron chi connectivity index (χ0n) is 24.2. The standard InChI is InChI=1S/C31H41Cl3FN4O2/c1-37(2)30(41)31(12-14-36-15-13-31)39(16-5-4-6-17-39)18-11-23(22-7-9-26(33)27(34)19-22)21-38(3)29(40)25-20-24(32)8-10-28(25)35/h7-10,19-20,23,36H,4-6,11-18,21H2,1-3H3/q+1. The van der Waals surface area contributed by atoms with E-state index < -0.39 is 17.3 Å². The summed E-state index contributed by atoms with van der Waals surface area (Å²) in [6.45, 7) is 4.68. The van der Waals surface area contributed by atoms with E-state index in [4.69, 9.17) is 34.8 Å². The number of amides is 2. The van der Waals surface area contributed by atoms with Gasteiger partial charge in [-0.25, -0.2) is 4.39 Å². The van der Waals surface area contributed by atoms with E-state index in [1.807, 2.05) is 26.2 Å². The Kier molecular flexibility index (Phi) is 10.6. The fourth-order valence-corrected chi connectivity index (χ4v) is 7.42. The quantitative estimate of drug-likeness (QED) is 0.335. The van der Waals surface area contributed by atoms with Crippen LogP contribution in [0.15, 0.2) is 36.4 Å². The Balaban J connectivity index is 1.67. The molecular weight excluding hydrogens is 586 g/mol. The topological polar surface area (TPSA) is 52.7 Å². The summed E-state index contributed by atoms with van der Waals surface area (Å²) in [6.07, 6.45) is 5.66. The molecule has 4 rings (SSSR count). The van der Waals surface area contributed by atoms with Crippen molar-refractivity contribution in [3.05, 3.63) is 68.4 Å². The third kappa shape index (κ3) is 6.86. The summed E-state index contributed by atoms with van der Waals surface area (Å²) in [5.41, 5.74) is 0.417. The molecule has 1 atom stereocenters. The number of benzene rings is 2. The monoisotopic (exact) mass is 625 g/mol. The van der Waals surface area contributed by atoms with Gasteiger partial charge in [-0.15, -0.1) is 0 Å². The van der Waals surface area contributed by atoms with Crippen molar-refractivity contribution < 1.29 is 18.5 Å². The summed E-state index contributed by atoms with van der Waals surface area (Å²) in [7, 11) is 5.41. The lowest BCUT2D eigenvalue weighted by molar-refractivity contribution is -0.972. The summed E-state index contributed by atoms with van der Waals surface area (Å²) >= 11 is 18.8. The Labute approximate surface area is 258 Å². The molecule has 2 heterocycles. The van der Waals surface area contributed by atoms with E-state index in [9.17, 15) is 14.0 Å². The number of halogens is 4. The van der Waals surface area contributed by atoms with Gasteiger partial charge in [0.25, 0.3) is 11.8 Å². The molecular formula is C31H41Cl3FN4O2+. The van der Waals surface area contributed by atoms with Crippen LogP contribution in [0.4, 0.5) is 4.39 Å². The van der Waals surface area contributed by atoms with Crippen molar-refractivity contribution in [3.8, 4) is 0 Å². The third-order valence-electron chi connectivity index (χ3n) is 9.14. The molecule has 0 bridgehead atoms. The number of likely N-dealkylation sites (tertiary alicyclic amines) is 1. The van der Waals surface area contributed by atoms with Crippen LogP contribution in [-0.2, 0) is 4.79 Å². The fourth-order valence-electron chi connectivity index (χ4n) is 6.94. The Hall–Kier alpha value is -1.90. The third-order valence-corrected chi connectivity index (χ3v) is 10.1. The average molecular weight is 627 g/mol. The van der Waals surface area contributed by atoms with Crippen LogP contribution in [-0.4, -0.2) is 92.0 Å². The number of quaternary nitrogens is 1. The zero-order chi connectivity index (χ0) is 29.8. The van der Waals surface area contributed by atoms with Gasteiger partial charge in [-0.2, -0.15) is 0 Å². The summed E-state index contributed by atoms with van der Waals surface area (Å²) in [6, 6.07) is 9.59. The second kappa shape index (κ2) is 13.6. The Morgan fingerprint density at radius 1 is 0.976 bits per heavy atom. The first kappa shape index (κ1) is 32.0. The summed E-state index contributed by atoms with van der Waals surface area (Å²) < 4.78 is 15.3. The Morgan fingerprint density at radius 3 is 2.29 bits per heavy atom. The van der Waals surface area contributed by atoms with E-state index in [-0.39, 0.29) is 17.4 Å². The summed E-state index contributed by atoms with van der Waals surface area (Å²) in [5, 5.41) is 4.68. The van der Waals surface area contributed by atoms with E-state index in [0.29, 0.717) is 21.6 Å². The summed E-state index contributed by atoms with van der Waals surface area (Å²) in [5.74, 6) is -0.943. The van der Waals surface area contributed by atoms with Gasteiger partial charge in [0.1, 0.15) is 5.82 Å². The molecule has 2 aliphatic rings. The van der Waals surface area contributed by atoms with Crippen LogP contribution < -0.4 is 5.32 Å². The molecule has 224 valence electrons. The van der Waals surface area contributed by atoms with E-state index in [1.165, 1.54) is 24.6 Å². The first-order valence-electron chi connectivity index (χ1n) is 14.4. The SMILES string of the molecule is CN(C)C(=O)C1([N+]2(CCC(CN(C)C(=O)c3cc(Cl)ccc3F)c3ccc(Cl)c(Cl)c3)CCCCC2)CCNCC1. The predicted octanol–water partition coefficient (Wildman–Crippen LogP) is 6.24. The number of hydrogen-bond acceptors (Lipinski definition) is 3. The Morgan fingerprint density at radius 2 is 1.66 bits per heavy atom. The van der Waals surface area contributed by atoms with Gasteiger partial charge in [0.05, 0.1) is 35.2 Å². The van der Waals surface area contributed by atoms with Crippen molar-refractivity contribution in [2.75, 3.05) is 60.4 Å². The first-order chi connectivity index (χ1) is 19.5. The van der Waals surface area contributed by atoms with Crippen molar-refractivity contribution in [1.29, 1.82) is 0 Å². The molecule has 1 N–H and O–H groups in total. The fraction of sp³-hybridized carbons (Fsp3) is 0.548. The van der Waals surface area contributed by atoms with Crippen molar-refractivity contribution in [2.24, 2.45) is 0 Å². The molecule has 2 aromatic carbocycles. The molecule has 0 radical (unpaired) electrons. The van der Waals surface area contributed by atoms with Gasteiger partial charge in [0.2, 0.25) is 0 Å². The minimum Gasteiger partial charge on any atom is -0.343 e. The molecule has 0 spiro atoms. The predicted molar refractivity (Wildman–Crippen MR) is 164 cm³/mol. The van der Waals surface area contributed by atoms with Gasteiger partial charge in [-0.05, 0) is 55.2 Å². The van der Waals surface area contributed by atoms with E-state index in [0.717, 1.165) is 74.9 Å². The molecule has 2 saturated heterocycles. The molecule has 6 nitrogen and oxygen atoms in total. The highest BCUT2D eigenvalue weighted by Gasteiger charge is 2.57. The van der Waals surface area contributed by atoms with Gasteiger partial charge < -0.3 is 19.6 Å². The highest BCUT2D eigenvalue weighted by molar-refractivity contribution is 6.42. The normalized spacial score (nSPS) is 18.9. The van der Waals surface area contributed by atoms with Crippen molar-refractivity contribution in [1.82, 2.24) is 15.1 Å². The van der Waals surface area contributed by atoms with Crippen LogP contribution in [0, 0.1) is 5.82 Å². The number of hydrogen-bond donors (Lipinski definition) is 1. The minimum absolute atomic E-state index is 0.0577. The number of piperidine rings is 2. The van der Waals surface area contributed by atoms with E-state index >= 15 is 0 Å². The van der Waals surface area contributed by atoms with Gasteiger partial charge >= 0.3 is 0 Å². The minimum atomic E-state index is -0.606. The Bertz CT molecular complexity index is 1250. The molecule has 2 amide bonds. The smallest absolute Gasteiger partial charge is 0.283 e. The van der Waals surface area contributed by atoms with Crippen molar-refractivity contribution in [2.45, 2.75) is 50.0 Å². The van der Waals surface area contributed by atoms with Crippen molar-refractivity contribution >= 4 is 46.6 Å².